The molecule has 0 bridgehead atoms. The van der Waals surface area contributed by atoms with Crippen molar-refractivity contribution in [2.45, 2.75) is 31.2 Å². The van der Waals surface area contributed by atoms with Gasteiger partial charge in [-0.2, -0.15) is 0 Å². The van der Waals surface area contributed by atoms with E-state index in [1.807, 2.05) is 66.4 Å². The molecule has 1 amide bonds. The van der Waals surface area contributed by atoms with Gasteiger partial charge in [-0.15, -0.1) is 0 Å². The molecule has 1 aliphatic heterocycles. The number of amides is 1. The number of nitrogens with zero attached hydrogens (tertiary/aromatic N) is 2. The molecule has 3 aromatic carbocycles. The van der Waals surface area contributed by atoms with E-state index >= 15 is 0 Å². The number of hydrogen-bond acceptors (Lipinski definition) is 3. The van der Waals surface area contributed by atoms with E-state index in [0.717, 1.165) is 46.0 Å². The lowest BCUT2D eigenvalue weighted by Crippen LogP contribution is -2.53. The Morgan fingerprint density at radius 2 is 1.68 bits per heavy atom. The van der Waals surface area contributed by atoms with Gasteiger partial charge in [0.15, 0.2) is 0 Å². The second-order valence-corrected chi connectivity index (χ2v) is 10.1. The summed E-state index contributed by atoms with van der Waals surface area (Å²) in [4.78, 5) is 18.2. The average Bonchev–Trinajstić information content (AvgIpc) is 3.66. The molecule has 6 heteroatoms. The molecule has 0 aromatic heterocycles. The summed E-state index contributed by atoms with van der Waals surface area (Å²) in [5, 5.41) is 1.43. The highest BCUT2D eigenvalue weighted by molar-refractivity contribution is 6.33. The van der Waals surface area contributed by atoms with Crippen molar-refractivity contribution in [2.75, 3.05) is 31.6 Å². The van der Waals surface area contributed by atoms with Gasteiger partial charge in [0.25, 0.3) is 0 Å². The maximum Gasteiger partial charge on any atom is 0.233 e. The zero-order chi connectivity index (χ0) is 23.9. The number of carbonyl (C=O) groups is 1. The summed E-state index contributed by atoms with van der Waals surface area (Å²) < 4.78 is 5.30. The molecule has 176 valence electrons. The normalized spacial score (nSPS) is 19.1. The fourth-order valence-electron chi connectivity index (χ4n) is 5.03. The highest BCUT2D eigenvalue weighted by atomic mass is 35.5. The molecule has 1 heterocycles. The molecule has 5 rings (SSSR count). The van der Waals surface area contributed by atoms with Crippen LogP contribution in [-0.4, -0.2) is 37.6 Å². The standard InChI is InChI=1S/C28H28Cl2N2O2/c1-19-3-12-25(24(30)17-19)32-16-15-31(18-26(32)20-4-8-22(29)9-5-20)27(33)28(13-14-28)21-6-10-23(34-2)11-7-21/h3-12,17,26H,13-16,18H2,1-2H3. The lowest BCUT2D eigenvalue weighted by Gasteiger charge is -2.44. The first kappa shape index (κ1) is 23.1. The van der Waals surface area contributed by atoms with Gasteiger partial charge in [-0.3, -0.25) is 4.79 Å². The zero-order valence-corrected chi connectivity index (χ0v) is 20.9. The number of ether oxygens (including phenoxy) is 1. The van der Waals surface area contributed by atoms with Crippen LogP contribution in [0.25, 0.3) is 0 Å². The van der Waals surface area contributed by atoms with Gasteiger partial charge in [-0.25, -0.2) is 0 Å². The third-order valence-corrected chi connectivity index (χ3v) is 7.69. The largest absolute Gasteiger partial charge is 0.497 e. The first-order valence-corrected chi connectivity index (χ1v) is 12.4. The molecule has 0 radical (unpaired) electrons. The monoisotopic (exact) mass is 494 g/mol. The Balaban J connectivity index is 1.44. The minimum Gasteiger partial charge on any atom is -0.497 e. The molecule has 1 saturated carbocycles. The lowest BCUT2D eigenvalue weighted by atomic mass is 9.92. The Hall–Kier alpha value is -2.69. The molecule has 34 heavy (non-hydrogen) atoms. The van der Waals surface area contributed by atoms with Gasteiger partial charge < -0.3 is 14.5 Å². The van der Waals surface area contributed by atoms with E-state index < -0.39 is 5.41 Å². The SMILES string of the molecule is COc1ccc(C2(C(=O)N3CCN(c4ccc(C)cc4Cl)C(c4ccc(Cl)cc4)C3)CC2)cc1. The van der Waals surface area contributed by atoms with Crippen molar-refractivity contribution >= 4 is 34.8 Å². The van der Waals surface area contributed by atoms with Gasteiger partial charge >= 0.3 is 0 Å². The maximum atomic E-state index is 13.9. The van der Waals surface area contributed by atoms with E-state index in [9.17, 15) is 4.79 Å². The highest BCUT2D eigenvalue weighted by Crippen LogP contribution is 2.50. The van der Waals surface area contributed by atoms with Crippen molar-refractivity contribution in [1.82, 2.24) is 4.90 Å². The van der Waals surface area contributed by atoms with Crippen LogP contribution in [-0.2, 0) is 10.2 Å². The van der Waals surface area contributed by atoms with Gasteiger partial charge in [0.05, 0.1) is 29.3 Å². The number of anilines is 1. The van der Waals surface area contributed by atoms with Crippen molar-refractivity contribution in [3.8, 4) is 5.75 Å². The topological polar surface area (TPSA) is 32.8 Å². The smallest absolute Gasteiger partial charge is 0.233 e. The number of benzene rings is 3. The predicted molar refractivity (Wildman–Crippen MR) is 138 cm³/mol. The molecular formula is C28H28Cl2N2O2. The molecule has 2 aliphatic rings. The fraction of sp³-hybridized carbons (Fsp3) is 0.321. The molecule has 1 saturated heterocycles. The summed E-state index contributed by atoms with van der Waals surface area (Å²) in [5.74, 6) is 1.02. The van der Waals surface area contributed by atoms with Crippen molar-refractivity contribution in [3.63, 3.8) is 0 Å². The number of carbonyl (C=O) groups excluding carboxylic acids is 1. The predicted octanol–water partition coefficient (Wildman–Crippen LogP) is 6.43. The minimum absolute atomic E-state index is 0.0122. The van der Waals surface area contributed by atoms with Gasteiger partial charge in [-0.05, 0) is 72.9 Å². The van der Waals surface area contributed by atoms with Crippen LogP contribution in [0, 0.1) is 6.92 Å². The van der Waals surface area contributed by atoms with Gasteiger partial charge in [0, 0.05) is 24.7 Å². The van der Waals surface area contributed by atoms with E-state index in [4.69, 9.17) is 27.9 Å². The summed E-state index contributed by atoms with van der Waals surface area (Å²) in [6.07, 6.45) is 1.77. The van der Waals surface area contributed by atoms with Crippen LogP contribution in [0.15, 0.2) is 66.7 Å². The van der Waals surface area contributed by atoms with Crippen LogP contribution in [0.2, 0.25) is 10.0 Å². The van der Waals surface area contributed by atoms with Crippen LogP contribution < -0.4 is 9.64 Å². The Kier molecular flexibility index (Phi) is 6.22. The third kappa shape index (κ3) is 4.25. The molecule has 1 unspecified atom stereocenters. The molecule has 4 nitrogen and oxygen atoms in total. The van der Waals surface area contributed by atoms with Crippen molar-refractivity contribution < 1.29 is 9.53 Å². The van der Waals surface area contributed by atoms with Crippen LogP contribution in [0.4, 0.5) is 5.69 Å². The first-order chi connectivity index (χ1) is 16.4. The summed E-state index contributed by atoms with van der Waals surface area (Å²) in [6, 6.07) is 22.0. The molecule has 1 aliphatic carbocycles. The van der Waals surface area contributed by atoms with Crippen molar-refractivity contribution in [2.24, 2.45) is 0 Å². The Bertz CT molecular complexity index is 1190. The molecule has 0 spiro atoms. The summed E-state index contributed by atoms with van der Waals surface area (Å²) >= 11 is 12.8. The molecule has 2 fully saturated rings. The minimum atomic E-state index is -0.416. The van der Waals surface area contributed by atoms with E-state index in [0.29, 0.717) is 24.7 Å². The van der Waals surface area contributed by atoms with Crippen molar-refractivity contribution in [1.29, 1.82) is 0 Å². The zero-order valence-electron chi connectivity index (χ0n) is 19.4. The molecule has 3 aromatic rings. The summed E-state index contributed by atoms with van der Waals surface area (Å²) in [7, 11) is 1.66. The Labute approximate surface area is 211 Å². The fourth-order valence-corrected chi connectivity index (χ4v) is 5.50. The number of methoxy groups -OCH3 is 1. The van der Waals surface area contributed by atoms with Crippen LogP contribution in [0.5, 0.6) is 5.75 Å². The first-order valence-electron chi connectivity index (χ1n) is 11.6. The Morgan fingerprint density at radius 1 is 0.971 bits per heavy atom. The van der Waals surface area contributed by atoms with Gasteiger partial charge in [0.1, 0.15) is 5.75 Å². The molecule has 1 atom stereocenters. The Morgan fingerprint density at radius 3 is 2.29 bits per heavy atom. The highest BCUT2D eigenvalue weighted by Gasteiger charge is 2.53. The summed E-state index contributed by atoms with van der Waals surface area (Å²) in [5.41, 5.74) is 3.90. The number of halogens is 2. The van der Waals surface area contributed by atoms with E-state index in [1.54, 1.807) is 7.11 Å². The summed E-state index contributed by atoms with van der Waals surface area (Å²) in [6.45, 7) is 4.01. The van der Waals surface area contributed by atoms with Crippen LogP contribution in [0.3, 0.4) is 0 Å². The van der Waals surface area contributed by atoms with E-state index in [-0.39, 0.29) is 11.9 Å². The van der Waals surface area contributed by atoms with Crippen molar-refractivity contribution in [3.05, 3.63) is 93.5 Å². The third-order valence-electron chi connectivity index (χ3n) is 7.14. The molecule has 0 N–H and O–H groups in total. The number of aryl methyl sites for hydroxylation is 1. The second-order valence-electron chi connectivity index (χ2n) is 9.28. The lowest BCUT2D eigenvalue weighted by molar-refractivity contribution is -0.134. The van der Waals surface area contributed by atoms with E-state index in [2.05, 4.69) is 17.0 Å². The second kappa shape index (κ2) is 9.16. The number of hydrogen-bond donors (Lipinski definition) is 0. The number of piperazine rings is 1. The van der Waals surface area contributed by atoms with Gasteiger partial charge in [0.2, 0.25) is 5.91 Å². The van der Waals surface area contributed by atoms with Crippen LogP contribution >= 0.6 is 23.2 Å². The average molecular weight is 495 g/mol. The molecular weight excluding hydrogens is 467 g/mol. The number of rotatable bonds is 5. The van der Waals surface area contributed by atoms with E-state index in [1.165, 1.54) is 0 Å². The van der Waals surface area contributed by atoms with Crippen LogP contribution in [0.1, 0.15) is 35.6 Å². The quantitative estimate of drug-likeness (QED) is 0.409. The van der Waals surface area contributed by atoms with Gasteiger partial charge in [-0.1, -0.05) is 53.5 Å². The maximum absolute atomic E-state index is 13.9.